The standard InChI is InChI=1S/C22H27N3O4/c1-15-6-4-8-17(12-15)24-22(27)25-11-5-7-16(14-25)21(26)23-18-9-10-19(28-2)20(13-18)29-3/h4,6,8-10,12-13,16H,5,7,11,14H2,1-3H3,(H,23,26)(H,24,27). The summed E-state index contributed by atoms with van der Waals surface area (Å²) in [6.45, 7) is 3.00. The van der Waals surface area contributed by atoms with Gasteiger partial charge < -0.3 is 25.0 Å². The molecule has 0 spiro atoms. The monoisotopic (exact) mass is 397 g/mol. The van der Waals surface area contributed by atoms with Crippen molar-refractivity contribution in [1.82, 2.24) is 4.90 Å². The van der Waals surface area contributed by atoms with Crippen molar-refractivity contribution in [2.75, 3.05) is 37.9 Å². The molecule has 7 nitrogen and oxygen atoms in total. The number of likely N-dealkylation sites (tertiary alicyclic amines) is 1. The SMILES string of the molecule is COc1ccc(NC(=O)C2CCCN(C(=O)Nc3cccc(C)c3)C2)cc1OC. The molecule has 1 atom stereocenters. The average Bonchev–Trinajstić information content (AvgIpc) is 2.73. The molecule has 154 valence electrons. The smallest absolute Gasteiger partial charge is 0.321 e. The molecule has 0 bridgehead atoms. The van der Waals surface area contributed by atoms with Crippen LogP contribution in [-0.2, 0) is 4.79 Å². The van der Waals surface area contributed by atoms with E-state index < -0.39 is 0 Å². The maximum atomic E-state index is 12.8. The largest absolute Gasteiger partial charge is 0.493 e. The first kappa shape index (κ1) is 20.5. The van der Waals surface area contributed by atoms with Crippen molar-refractivity contribution in [1.29, 1.82) is 0 Å². The van der Waals surface area contributed by atoms with Gasteiger partial charge in [0.1, 0.15) is 0 Å². The lowest BCUT2D eigenvalue weighted by molar-refractivity contribution is -0.121. The van der Waals surface area contributed by atoms with Gasteiger partial charge in [-0.3, -0.25) is 4.79 Å². The normalized spacial score (nSPS) is 16.1. The summed E-state index contributed by atoms with van der Waals surface area (Å²) in [7, 11) is 3.11. The third-order valence-electron chi connectivity index (χ3n) is 5.00. The lowest BCUT2D eigenvalue weighted by atomic mass is 9.97. The first-order valence-electron chi connectivity index (χ1n) is 9.65. The molecule has 1 aliphatic heterocycles. The van der Waals surface area contributed by atoms with E-state index in [2.05, 4.69) is 10.6 Å². The van der Waals surface area contributed by atoms with Crippen LogP contribution in [0.3, 0.4) is 0 Å². The summed E-state index contributed by atoms with van der Waals surface area (Å²) >= 11 is 0. The van der Waals surface area contributed by atoms with Crippen LogP contribution in [0.25, 0.3) is 0 Å². The number of nitrogens with zero attached hydrogens (tertiary/aromatic N) is 1. The Morgan fingerprint density at radius 1 is 1.00 bits per heavy atom. The lowest BCUT2D eigenvalue weighted by Crippen LogP contribution is -2.45. The third kappa shape index (κ3) is 5.19. The van der Waals surface area contributed by atoms with Crippen LogP contribution < -0.4 is 20.1 Å². The molecule has 1 heterocycles. The van der Waals surface area contributed by atoms with Gasteiger partial charge in [-0.2, -0.15) is 0 Å². The van der Waals surface area contributed by atoms with E-state index >= 15 is 0 Å². The van der Waals surface area contributed by atoms with Crippen LogP contribution in [0.4, 0.5) is 16.2 Å². The van der Waals surface area contributed by atoms with Gasteiger partial charge in [0.15, 0.2) is 11.5 Å². The second kappa shape index (κ2) is 9.32. The Morgan fingerprint density at radius 3 is 2.48 bits per heavy atom. The number of hydrogen-bond acceptors (Lipinski definition) is 4. The number of ether oxygens (including phenoxy) is 2. The van der Waals surface area contributed by atoms with Crippen molar-refractivity contribution in [3.05, 3.63) is 48.0 Å². The number of nitrogens with one attached hydrogen (secondary N) is 2. The second-order valence-electron chi connectivity index (χ2n) is 7.14. The number of urea groups is 1. The summed E-state index contributed by atoms with van der Waals surface area (Å²) in [5.41, 5.74) is 2.47. The average molecular weight is 397 g/mol. The van der Waals surface area contributed by atoms with Crippen LogP contribution in [0.1, 0.15) is 18.4 Å². The topological polar surface area (TPSA) is 79.9 Å². The van der Waals surface area contributed by atoms with Crippen LogP contribution in [0, 0.1) is 12.8 Å². The van der Waals surface area contributed by atoms with Gasteiger partial charge in [0, 0.05) is 30.5 Å². The number of aryl methyl sites for hydroxylation is 1. The van der Waals surface area contributed by atoms with Crippen molar-refractivity contribution < 1.29 is 19.1 Å². The van der Waals surface area contributed by atoms with Crippen LogP contribution in [0.15, 0.2) is 42.5 Å². The van der Waals surface area contributed by atoms with Gasteiger partial charge in [-0.1, -0.05) is 12.1 Å². The number of anilines is 2. The van der Waals surface area contributed by atoms with Gasteiger partial charge in [0.05, 0.1) is 20.1 Å². The van der Waals surface area contributed by atoms with Crippen molar-refractivity contribution >= 4 is 23.3 Å². The van der Waals surface area contributed by atoms with Gasteiger partial charge in [-0.15, -0.1) is 0 Å². The first-order valence-corrected chi connectivity index (χ1v) is 9.65. The zero-order valence-corrected chi connectivity index (χ0v) is 17.0. The van der Waals surface area contributed by atoms with Gasteiger partial charge in [0.2, 0.25) is 5.91 Å². The highest BCUT2D eigenvalue weighted by Crippen LogP contribution is 2.30. The van der Waals surface area contributed by atoms with E-state index in [-0.39, 0.29) is 17.9 Å². The Morgan fingerprint density at radius 2 is 1.76 bits per heavy atom. The molecule has 0 radical (unpaired) electrons. The van der Waals surface area contributed by atoms with Crippen LogP contribution >= 0.6 is 0 Å². The Balaban J connectivity index is 1.61. The fourth-order valence-electron chi connectivity index (χ4n) is 3.46. The summed E-state index contributed by atoms with van der Waals surface area (Å²) in [5, 5.41) is 5.84. The Labute approximate surface area is 171 Å². The van der Waals surface area contributed by atoms with Crippen LogP contribution in [-0.4, -0.2) is 44.1 Å². The highest BCUT2D eigenvalue weighted by atomic mass is 16.5. The van der Waals surface area contributed by atoms with E-state index in [1.807, 2.05) is 31.2 Å². The second-order valence-corrected chi connectivity index (χ2v) is 7.14. The quantitative estimate of drug-likeness (QED) is 0.802. The highest BCUT2D eigenvalue weighted by Gasteiger charge is 2.28. The van der Waals surface area contributed by atoms with E-state index in [4.69, 9.17) is 9.47 Å². The Kier molecular flexibility index (Phi) is 6.59. The minimum absolute atomic E-state index is 0.106. The molecule has 0 saturated carbocycles. The predicted molar refractivity (Wildman–Crippen MR) is 113 cm³/mol. The highest BCUT2D eigenvalue weighted by molar-refractivity contribution is 5.94. The molecule has 29 heavy (non-hydrogen) atoms. The minimum Gasteiger partial charge on any atom is -0.493 e. The number of carbonyl (C=O) groups is 2. The van der Waals surface area contributed by atoms with Gasteiger partial charge >= 0.3 is 6.03 Å². The molecule has 1 fully saturated rings. The fraction of sp³-hybridized carbons (Fsp3) is 0.364. The molecule has 1 saturated heterocycles. The minimum atomic E-state index is -0.264. The number of piperidine rings is 1. The van der Waals surface area contributed by atoms with Crippen molar-refractivity contribution in [2.24, 2.45) is 5.92 Å². The maximum Gasteiger partial charge on any atom is 0.321 e. The molecule has 2 aromatic rings. The third-order valence-corrected chi connectivity index (χ3v) is 5.00. The van der Waals surface area contributed by atoms with Crippen LogP contribution in [0.2, 0.25) is 0 Å². The molecular formula is C22H27N3O4. The Hall–Kier alpha value is -3.22. The molecule has 3 amide bonds. The van der Waals surface area contributed by atoms with E-state index in [9.17, 15) is 9.59 Å². The molecule has 1 aliphatic rings. The van der Waals surface area contributed by atoms with Crippen LogP contribution in [0.5, 0.6) is 11.5 Å². The predicted octanol–water partition coefficient (Wildman–Crippen LogP) is 3.89. The zero-order valence-electron chi connectivity index (χ0n) is 17.0. The summed E-state index contributed by atoms with van der Waals surface area (Å²) in [4.78, 5) is 27.1. The number of methoxy groups -OCH3 is 2. The van der Waals surface area contributed by atoms with E-state index in [0.717, 1.165) is 24.1 Å². The summed E-state index contributed by atoms with van der Waals surface area (Å²) in [6, 6.07) is 12.7. The zero-order chi connectivity index (χ0) is 20.8. The van der Waals surface area contributed by atoms with E-state index in [1.165, 1.54) is 0 Å². The van der Waals surface area contributed by atoms with E-state index in [1.54, 1.807) is 37.3 Å². The summed E-state index contributed by atoms with van der Waals surface area (Å²) < 4.78 is 10.5. The number of carbonyl (C=O) groups excluding carboxylic acids is 2. The first-order chi connectivity index (χ1) is 14.0. The fourth-order valence-corrected chi connectivity index (χ4v) is 3.46. The van der Waals surface area contributed by atoms with Crippen molar-refractivity contribution in [3.8, 4) is 11.5 Å². The van der Waals surface area contributed by atoms with E-state index in [0.29, 0.717) is 30.3 Å². The van der Waals surface area contributed by atoms with Gasteiger partial charge in [-0.25, -0.2) is 4.79 Å². The molecule has 7 heteroatoms. The molecule has 0 aromatic heterocycles. The maximum absolute atomic E-state index is 12.8. The number of amides is 3. The summed E-state index contributed by atoms with van der Waals surface area (Å²) in [6.07, 6.45) is 1.53. The van der Waals surface area contributed by atoms with Crippen molar-refractivity contribution in [3.63, 3.8) is 0 Å². The molecule has 3 rings (SSSR count). The molecule has 2 aromatic carbocycles. The number of hydrogen-bond donors (Lipinski definition) is 2. The van der Waals surface area contributed by atoms with Crippen molar-refractivity contribution in [2.45, 2.75) is 19.8 Å². The molecule has 2 N–H and O–H groups in total. The van der Waals surface area contributed by atoms with Gasteiger partial charge in [-0.05, 0) is 49.6 Å². The molecule has 0 aliphatic carbocycles. The molecule has 1 unspecified atom stereocenters. The van der Waals surface area contributed by atoms with Gasteiger partial charge in [0.25, 0.3) is 0 Å². The Bertz CT molecular complexity index is 884. The molecular weight excluding hydrogens is 370 g/mol. The number of benzene rings is 2. The summed E-state index contributed by atoms with van der Waals surface area (Å²) in [5.74, 6) is 0.778. The lowest BCUT2D eigenvalue weighted by Gasteiger charge is -2.32. The number of rotatable bonds is 5.